The van der Waals surface area contributed by atoms with E-state index < -0.39 is 10.8 Å². The number of nitrogens with two attached hydrogens (primary N) is 1. The molecule has 0 amide bonds. The highest BCUT2D eigenvalue weighted by Gasteiger charge is 2.27. The quantitative estimate of drug-likeness (QED) is 0.739. The SMILES string of the molecule is CCCCCS(=O)C(C(C)C)C(N)c1ccccc1. The molecule has 1 aromatic rings. The fourth-order valence-corrected chi connectivity index (χ4v) is 4.23. The molecular formula is C16H27NOS. The number of benzene rings is 1. The Morgan fingerprint density at radius 1 is 1.16 bits per heavy atom. The summed E-state index contributed by atoms with van der Waals surface area (Å²) < 4.78 is 12.5. The lowest BCUT2D eigenvalue weighted by molar-refractivity contribution is 0.509. The lowest BCUT2D eigenvalue weighted by Crippen LogP contribution is -2.35. The molecule has 0 spiro atoms. The summed E-state index contributed by atoms with van der Waals surface area (Å²) in [5.41, 5.74) is 7.44. The van der Waals surface area contributed by atoms with Crippen LogP contribution in [0, 0.1) is 5.92 Å². The molecule has 19 heavy (non-hydrogen) atoms. The largest absolute Gasteiger partial charge is 0.323 e. The molecule has 0 radical (unpaired) electrons. The first-order valence-electron chi connectivity index (χ1n) is 7.25. The van der Waals surface area contributed by atoms with Gasteiger partial charge in [-0.25, -0.2) is 0 Å². The van der Waals surface area contributed by atoms with Gasteiger partial charge in [0.2, 0.25) is 0 Å². The average Bonchev–Trinajstić information content (AvgIpc) is 2.39. The first-order chi connectivity index (χ1) is 9.07. The minimum Gasteiger partial charge on any atom is -0.323 e. The van der Waals surface area contributed by atoms with Crippen molar-refractivity contribution in [2.75, 3.05) is 5.75 Å². The third kappa shape index (κ3) is 5.07. The van der Waals surface area contributed by atoms with Crippen LogP contribution in [0.2, 0.25) is 0 Å². The molecule has 0 aromatic heterocycles. The van der Waals surface area contributed by atoms with Crippen molar-refractivity contribution in [1.29, 1.82) is 0 Å². The Morgan fingerprint density at radius 2 is 1.79 bits per heavy atom. The predicted octanol–water partition coefficient (Wildman–Crippen LogP) is 3.65. The van der Waals surface area contributed by atoms with Crippen molar-refractivity contribution in [1.82, 2.24) is 0 Å². The number of rotatable bonds is 8. The van der Waals surface area contributed by atoms with Gasteiger partial charge in [0, 0.05) is 22.6 Å². The van der Waals surface area contributed by atoms with Crippen molar-refractivity contribution in [3.63, 3.8) is 0 Å². The second-order valence-corrected chi connectivity index (χ2v) is 7.15. The van der Waals surface area contributed by atoms with Gasteiger partial charge in [-0.05, 0) is 17.9 Å². The Bertz CT molecular complexity index is 378. The molecule has 1 rings (SSSR count). The molecule has 2 nitrogen and oxygen atoms in total. The van der Waals surface area contributed by atoms with Crippen molar-refractivity contribution in [3.8, 4) is 0 Å². The van der Waals surface area contributed by atoms with E-state index in [1.54, 1.807) is 0 Å². The Kier molecular flexibility index (Phi) is 7.32. The van der Waals surface area contributed by atoms with Gasteiger partial charge in [0.1, 0.15) is 0 Å². The van der Waals surface area contributed by atoms with Crippen LogP contribution in [-0.2, 0) is 10.8 Å². The van der Waals surface area contributed by atoms with Crippen LogP contribution in [0.4, 0.5) is 0 Å². The fraction of sp³-hybridized carbons (Fsp3) is 0.625. The first-order valence-corrected chi connectivity index (χ1v) is 8.63. The van der Waals surface area contributed by atoms with Crippen LogP contribution in [0.15, 0.2) is 30.3 Å². The van der Waals surface area contributed by atoms with E-state index in [1.807, 2.05) is 30.3 Å². The third-order valence-corrected chi connectivity index (χ3v) is 5.58. The molecule has 3 unspecified atom stereocenters. The Balaban J connectivity index is 2.74. The maximum Gasteiger partial charge on any atom is 0.0563 e. The zero-order valence-electron chi connectivity index (χ0n) is 12.3. The summed E-state index contributed by atoms with van der Waals surface area (Å²) in [5, 5.41) is 0.0410. The molecule has 0 aliphatic rings. The van der Waals surface area contributed by atoms with Gasteiger partial charge in [-0.2, -0.15) is 0 Å². The monoisotopic (exact) mass is 281 g/mol. The molecule has 0 heterocycles. The molecule has 3 heteroatoms. The second kappa shape index (κ2) is 8.49. The smallest absolute Gasteiger partial charge is 0.0563 e. The summed E-state index contributed by atoms with van der Waals surface area (Å²) >= 11 is 0. The third-order valence-electron chi connectivity index (χ3n) is 3.45. The van der Waals surface area contributed by atoms with E-state index in [2.05, 4.69) is 20.8 Å². The van der Waals surface area contributed by atoms with Crippen LogP contribution < -0.4 is 5.73 Å². The Morgan fingerprint density at radius 3 is 2.32 bits per heavy atom. The minimum atomic E-state index is -0.845. The number of hydrogen-bond acceptors (Lipinski definition) is 2. The molecular weight excluding hydrogens is 254 g/mol. The summed E-state index contributed by atoms with van der Waals surface area (Å²) in [6.07, 6.45) is 3.35. The van der Waals surface area contributed by atoms with Crippen molar-refractivity contribution in [2.24, 2.45) is 11.7 Å². The van der Waals surface area contributed by atoms with E-state index >= 15 is 0 Å². The van der Waals surface area contributed by atoms with Crippen LogP contribution in [0.25, 0.3) is 0 Å². The van der Waals surface area contributed by atoms with E-state index in [0.717, 1.165) is 30.6 Å². The maximum atomic E-state index is 12.5. The first kappa shape index (κ1) is 16.4. The number of unbranched alkanes of at least 4 members (excludes halogenated alkanes) is 2. The molecule has 3 atom stereocenters. The van der Waals surface area contributed by atoms with Crippen molar-refractivity contribution in [2.45, 2.75) is 51.3 Å². The highest BCUT2D eigenvalue weighted by molar-refractivity contribution is 7.85. The van der Waals surface area contributed by atoms with Crippen LogP contribution >= 0.6 is 0 Å². The summed E-state index contributed by atoms with van der Waals surface area (Å²) in [6, 6.07) is 9.90. The summed E-state index contributed by atoms with van der Waals surface area (Å²) in [4.78, 5) is 0. The normalized spacial score (nSPS) is 16.3. The summed E-state index contributed by atoms with van der Waals surface area (Å²) in [6.45, 7) is 6.40. The predicted molar refractivity (Wildman–Crippen MR) is 84.5 cm³/mol. The van der Waals surface area contributed by atoms with Crippen LogP contribution in [-0.4, -0.2) is 15.2 Å². The molecule has 0 aliphatic heterocycles. The van der Waals surface area contributed by atoms with Gasteiger partial charge in [0.15, 0.2) is 0 Å². The van der Waals surface area contributed by atoms with E-state index in [9.17, 15) is 4.21 Å². The van der Waals surface area contributed by atoms with E-state index in [4.69, 9.17) is 5.73 Å². The van der Waals surface area contributed by atoms with Crippen LogP contribution in [0.5, 0.6) is 0 Å². The van der Waals surface area contributed by atoms with Crippen molar-refractivity contribution < 1.29 is 4.21 Å². The van der Waals surface area contributed by atoms with Crippen molar-refractivity contribution in [3.05, 3.63) is 35.9 Å². The minimum absolute atomic E-state index is 0.0410. The topological polar surface area (TPSA) is 43.1 Å². The molecule has 2 N–H and O–H groups in total. The number of hydrogen-bond donors (Lipinski definition) is 1. The van der Waals surface area contributed by atoms with Gasteiger partial charge in [-0.15, -0.1) is 0 Å². The van der Waals surface area contributed by atoms with E-state index in [0.29, 0.717) is 5.92 Å². The molecule has 108 valence electrons. The van der Waals surface area contributed by atoms with Gasteiger partial charge in [-0.3, -0.25) is 4.21 Å². The maximum absolute atomic E-state index is 12.5. The van der Waals surface area contributed by atoms with Crippen molar-refractivity contribution >= 4 is 10.8 Å². The van der Waals surface area contributed by atoms with Gasteiger partial charge in [0.25, 0.3) is 0 Å². The zero-order valence-corrected chi connectivity index (χ0v) is 13.2. The summed E-state index contributed by atoms with van der Waals surface area (Å²) in [7, 11) is -0.845. The molecule has 0 aliphatic carbocycles. The summed E-state index contributed by atoms with van der Waals surface area (Å²) in [5.74, 6) is 1.11. The van der Waals surface area contributed by atoms with Crippen LogP contribution in [0.3, 0.4) is 0 Å². The molecule has 0 bridgehead atoms. The molecule has 0 saturated carbocycles. The van der Waals surface area contributed by atoms with E-state index in [1.165, 1.54) is 0 Å². The average molecular weight is 281 g/mol. The van der Waals surface area contributed by atoms with Gasteiger partial charge >= 0.3 is 0 Å². The Labute approximate surface area is 120 Å². The van der Waals surface area contributed by atoms with Crippen LogP contribution in [0.1, 0.15) is 51.6 Å². The lowest BCUT2D eigenvalue weighted by atomic mass is 9.97. The van der Waals surface area contributed by atoms with Gasteiger partial charge in [0.05, 0.1) is 5.25 Å². The van der Waals surface area contributed by atoms with E-state index in [-0.39, 0.29) is 11.3 Å². The molecule has 1 aromatic carbocycles. The zero-order chi connectivity index (χ0) is 14.3. The lowest BCUT2D eigenvalue weighted by Gasteiger charge is -2.27. The molecule has 0 saturated heterocycles. The highest BCUT2D eigenvalue weighted by Crippen LogP contribution is 2.25. The fourth-order valence-electron chi connectivity index (χ4n) is 2.38. The second-order valence-electron chi connectivity index (χ2n) is 5.44. The molecule has 0 fully saturated rings. The van der Waals surface area contributed by atoms with Gasteiger partial charge in [-0.1, -0.05) is 63.9 Å². The Hall–Kier alpha value is -0.670. The van der Waals surface area contributed by atoms with Gasteiger partial charge < -0.3 is 5.73 Å². The standard InChI is InChI=1S/C16H27NOS/c1-4-5-9-12-19(18)16(13(2)3)15(17)14-10-7-6-8-11-14/h6-8,10-11,13,15-16H,4-5,9,12,17H2,1-3H3. The highest BCUT2D eigenvalue weighted by atomic mass is 32.2.